The molecule has 1 unspecified atom stereocenters. The molecule has 1 aliphatic carbocycles. The molecule has 4 rings (SSSR count). The number of hydrogen-bond donors (Lipinski definition) is 1. The van der Waals surface area contributed by atoms with Crippen LogP contribution in [0.3, 0.4) is 0 Å². The second-order valence-corrected chi connectivity index (χ2v) is 8.07. The standard InChI is InChI=1S/C25H27NO5/c1-30-20-12-10-16(11-13-20)21-14-18-8-9-19(25(29)31-2)15-22(18)26(21)23(24(27)28)17-6-4-3-5-7-17/h8-15,17,23H,3-7H2,1-2H3,(H,27,28). The maximum absolute atomic E-state index is 12.6. The lowest BCUT2D eigenvalue weighted by atomic mass is 9.83. The lowest BCUT2D eigenvalue weighted by molar-refractivity contribution is -0.143. The molecule has 3 aromatic rings. The molecule has 1 aromatic heterocycles. The second kappa shape index (κ2) is 8.84. The minimum Gasteiger partial charge on any atom is -0.497 e. The van der Waals surface area contributed by atoms with Crippen molar-refractivity contribution in [1.29, 1.82) is 0 Å². The average molecular weight is 421 g/mol. The Hall–Kier alpha value is -3.28. The molecule has 0 amide bonds. The molecule has 0 bridgehead atoms. The zero-order valence-corrected chi connectivity index (χ0v) is 17.8. The van der Waals surface area contributed by atoms with Gasteiger partial charge < -0.3 is 19.1 Å². The highest BCUT2D eigenvalue weighted by molar-refractivity contribution is 5.97. The Labute approximate surface area is 181 Å². The van der Waals surface area contributed by atoms with Crippen LogP contribution in [-0.2, 0) is 9.53 Å². The molecule has 1 N–H and O–H groups in total. The Morgan fingerprint density at radius 3 is 2.32 bits per heavy atom. The minimum absolute atomic E-state index is 0.0423. The molecule has 162 valence electrons. The van der Waals surface area contributed by atoms with E-state index in [1.165, 1.54) is 7.11 Å². The van der Waals surface area contributed by atoms with E-state index in [0.29, 0.717) is 5.56 Å². The van der Waals surface area contributed by atoms with Gasteiger partial charge in [-0.25, -0.2) is 9.59 Å². The van der Waals surface area contributed by atoms with Gasteiger partial charge in [0.25, 0.3) is 0 Å². The number of hydrogen-bond acceptors (Lipinski definition) is 4. The van der Waals surface area contributed by atoms with Crippen molar-refractivity contribution in [1.82, 2.24) is 4.57 Å². The van der Waals surface area contributed by atoms with Gasteiger partial charge in [0, 0.05) is 11.1 Å². The molecule has 1 atom stereocenters. The number of carboxylic acids is 1. The highest BCUT2D eigenvalue weighted by Crippen LogP contribution is 2.40. The number of rotatable bonds is 6. The maximum Gasteiger partial charge on any atom is 0.337 e. The van der Waals surface area contributed by atoms with Crippen LogP contribution >= 0.6 is 0 Å². The zero-order valence-electron chi connectivity index (χ0n) is 17.8. The second-order valence-electron chi connectivity index (χ2n) is 8.07. The predicted octanol–water partition coefficient (Wildman–Crippen LogP) is 5.31. The minimum atomic E-state index is -0.845. The quantitative estimate of drug-likeness (QED) is 0.546. The van der Waals surface area contributed by atoms with Gasteiger partial charge in [-0.15, -0.1) is 0 Å². The van der Waals surface area contributed by atoms with E-state index >= 15 is 0 Å². The number of carbonyl (C=O) groups excluding carboxylic acids is 1. The van der Waals surface area contributed by atoms with Gasteiger partial charge >= 0.3 is 11.9 Å². The summed E-state index contributed by atoms with van der Waals surface area (Å²) in [5.41, 5.74) is 2.85. The number of methoxy groups -OCH3 is 2. The third-order valence-corrected chi connectivity index (χ3v) is 6.28. The Balaban J connectivity index is 1.94. The van der Waals surface area contributed by atoms with Crippen LogP contribution in [0.5, 0.6) is 5.75 Å². The average Bonchev–Trinajstić information content (AvgIpc) is 3.17. The highest BCUT2D eigenvalue weighted by Gasteiger charge is 2.33. The molecular formula is C25H27NO5. The van der Waals surface area contributed by atoms with Gasteiger partial charge in [0.2, 0.25) is 0 Å². The van der Waals surface area contributed by atoms with E-state index in [4.69, 9.17) is 9.47 Å². The summed E-state index contributed by atoms with van der Waals surface area (Å²) in [6.07, 6.45) is 5.00. The van der Waals surface area contributed by atoms with Gasteiger partial charge in [0.1, 0.15) is 11.8 Å². The molecule has 6 heteroatoms. The third kappa shape index (κ3) is 4.02. The largest absolute Gasteiger partial charge is 0.497 e. The zero-order chi connectivity index (χ0) is 22.0. The van der Waals surface area contributed by atoms with E-state index < -0.39 is 18.0 Å². The van der Waals surface area contributed by atoms with Gasteiger partial charge in [-0.05, 0) is 66.8 Å². The van der Waals surface area contributed by atoms with Crippen molar-refractivity contribution in [3.05, 3.63) is 54.1 Å². The van der Waals surface area contributed by atoms with E-state index in [1.807, 2.05) is 41.0 Å². The van der Waals surface area contributed by atoms with Gasteiger partial charge in [0.05, 0.1) is 25.3 Å². The molecule has 1 saturated carbocycles. The van der Waals surface area contributed by atoms with E-state index in [1.54, 1.807) is 19.2 Å². The summed E-state index contributed by atoms with van der Waals surface area (Å²) in [5, 5.41) is 11.2. The van der Waals surface area contributed by atoms with Gasteiger partial charge in [-0.3, -0.25) is 0 Å². The molecule has 1 aliphatic rings. The normalized spacial score (nSPS) is 15.5. The SMILES string of the molecule is COC(=O)c1ccc2cc(-c3ccc(OC)cc3)n(C(C(=O)O)C3CCCCC3)c2c1. The van der Waals surface area contributed by atoms with Crippen LogP contribution in [0.25, 0.3) is 22.2 Å². The summed E-state index contributed by atoms with van der Waals surface area (Å²) >= 11 is 0. The topological polar surface area (TPSA) is 77.8 Å². The predicted molar refractivity (Wildman–Crippen MR) is 119 cm³/mol. The molecule has 0 aliphatic heterocycles. The van der Waals surface area contributed by atoms with E-state index in [-0.39, 0.29) is 5.92 Å². The first kappa shape index (κ1) is 21.0. The van der Waals surface area contributed by atoms with Crippen LogP contribution in [0, 0.1) is 5.92 Å². The van der Waals surface area contributed by atoms with E-state index in [9.17, 15) is 14.7 Å². The molecule has 2 aromatic carbocycles. The summed E-state index contributed by atoms with van der Waals surface area (Å²) in [6.45, 7) is 0. The first-order valence-electron chi connectivity index (χ1n) is 10.6. The fourth-order valence-electron chi connectivity index (χ4n) is 4.72. The molecule has 31 heavy (non-hydrogen) atoms. The molecular weight excluding hydrogens is 394 g/mol. The van der Waals surface area contributed by atoms with Crippen LogP contribution in [0.4, 0.5) is 0 Å². The van der Waals surface area contributed by atoms with E-state index in [2.05, 4.69) is 0 Å². The molecule has 0 radical (unpaired) electrons. The Morgan fingerprint density at radius 2 is 1.71 bits per heavy atom. The van der Waals surface area contributed by atoms with Gasteiger partial charge in [-0.1, -0.05) is 25.3 Å². The monoisotopic (exact) mass is 421 g/mol. The van der Waals surface area contributed by atoms with Crippen molar-refractivity contribution in [2.75, 3.05) is 14.2 Å². The van der Waals surface area contributed by atoms with Crippen LogP contribution < -0.4 is 4.74 Å². The number of nitrogens with zero attached hydrogens (tertiary/aromatic N) is 1. The van der Waals surface area contributed by atoms with E-state index in [0.717, 1.165) is 60.0 Å². The lowest BCUT2D eigenvalue weighted by Crippen LogP contribution is -2.29. The number of ether oxygens (including phenoxy) is 2. The highest BCUT2D eigenvalue weighted by atomic mass is 16.5. The van der Waals surface area contributed by atoms with Crippen molar-refractivity contribution in [3.63, 3.8) is 0 Å². The summed E-state index contributed by atoms with van der Waals surface area (Å²) in [7, 11) is 2.96. The van der Waals surface area contributed by atoms with Crippen LogP contribution in [0.15, 0.2) is 48.5 Å². The Kier molecular flexibility index (Phi) is 5.98. The van der Waals surface area contributed by atoms with Crippen LogP contribution in [-0.4, -0.2) is 35.8 Å². The first-order valence-corrected chi connectivity index (χ1v) is 10.6. The van der Waals surface area contributed by atoms with Crippen LogP contribution in [0.1, 0.15) is 48.5 Å². The van der Waals surface area contributed by atoms with Crippen molar-refractivity contribution < 1.29 is 24.2 Å². The maximum atomic E-state index is 12.6. The third-order valence-electron chi connectivity index (χ3n) is 6.28. The molecule has 1 fully saturated rings. The molecule has 6 nitrogen and oxygen atoms in total. The number of aliphatic carboxylic acids is 1. The fraction of sp³-hybridized carbons (Fsp3) is 0.360. The Bertz CT molecular complexity index is 1090. The van der Waals surface area contributed by atoms with Crippen molar-refractivity contribution in [2.24, 2.45) is 5.92 Å². The smallest absolute Gasteiger partial charge is 0.337 e. The van der Waals surface area contributed by atoms with Gasteiger partial charge in [-0.2, -0.15) is 0 Å². The lowest BCUT2D eigenvalue weighted by Gasteiger charge is -2.30. The first-order chi connectivity index (χ1) is 15.0. The summed E-state index contributed by atoms with van der Waals surface area (Å²) in [6, 6.07) is 14.2. The molecule has 1 heterocycles. The number of carboxylic acid groups (broad SMARTS) is 1. The summed E-state index contributed by atoms with van der Waals surface area (Å²) in [4.78, 5) is 24.7. The number of aromatic nitrogens is 1. The number of fused-ring (bicyclic) bond motifs is 1. The number of carbonyl (C=O) groups is 2. The Morgan fingerprint density at radius 1 is 1.00 bits per heavy atom. The molecule has 0 spiro atoms. The van der Waals surface area contributed by atoms with Crippen molar-refractivity contribution in [3.8, 4) is 17.0 Å². The van der Waals surface area contributed by atoms with Gasteiger partial charge in [0.15, 0.2) is 0 Å². The van der Waals surface area contributed by atoms with Crippen LogP contribution in [0.2, 0.25) is 0 Å². The fourth-order valence-corrected chi connectivity index (χ4v) is 4.72. The summed E-state index contributed by atoms with van der Waals surface area (Å²) < 4.78 is 12.1. The molecule has 0 saturated heterocycles. The van der Waals surface area contributed by atoms with Crippen molar-refractivity contribution >= 4 is 22.8 Å². The van der Waals surface area contributed by atoms with Crippen molar-refractivity contribution in [2.45, 2.75) is 38.1 Å². The number of benzene rings is 2. The number of esters is 1. The summed E-state index contributed by atoms with van der Waals surface area (Å²) in [5.74, 6) is -0.505.